The van der Waals surface area contributed by atoms with Crippen molar-refractivity contribution < 1.29 is 4.39 Å². The van der Waals surface area contributed by atoms with E-state index in [9.17, 15) is 4.39 Å². The summed E-state index contributed by atoms with van der Waals surface area (Å²) in [7, 11) is 0. The third kappa shape index (κ3) is 2.01. The molecule has 1 aliphatic carbocycles. The largest absolute Gasteiger partial charge is 0.382 e. The van der Waals surface area contributed by atoms with Crippen LogP contribution in [0.4, 0.5) is 10.1 Å². The fraction of sp³-hybridized carbons (Fsp3) is 0.455. The molecule has 2 rings (SSSR count). The van der Waals surface area contributed by atoms with E-state index in [2.05, 4.69) is 5.32 Å². The molecule has 1 aromatic carbocycles. The van der Waals surface area contributed by atoms with Crippen LogP contribution < -0.4 is 5.32 Å². The van der Waals surface area contributed by atoms with Gasteiger partial charge in [0.15, 0.2) is 0 Å². The molecule has 0 radical (unpaired) electrons. The average Bonchev–Trinajstić information content (AvgIpc) is 2.88. The number of hydrogen-bond donors (Lipinski definition) is 1. The molecule has 0 bridgehead atoms. The highest BCUT2D eigenvalue weighted by molar-refractivity contribution is 6.31. The summed E-state index contributed by atoms with van der Waals surface area (Å²) in [4.78, 5) is 0. The standard InChI is InChI=1S/C11H13ClFN/c1-8-9(12)3-2-4-10(8)14-7-11(13)5-6-11/h2-4,14H,5-7H2,1H3. The lowest BCUT2D eigenvalue weighted by Gasteiger charge is -2.12. The minimum Gasteiger partial charge on any atom is -0.382 e. The SMILES string of the molecule is Cc1c(Cl)cccc1NCC1(F)CC1. The third-order valence-corrected chi connectivity index (χ3v) is 3.07. The summed E-state index contributed by atoms with van der Waals surface area (Å²) >= 11 is 5.95. The van der Waals surface area contributed by atoms with Gasteiger partial charge in [-0.3, -0.25) is 0 Å². The number of rotatable bonds is 3. The van der Waals surface area contributed by atoms with Crippen LogP contribution in [0.2, 0.25) is 5.02 Å². The zero-order valence-corrected chi connectivity index (χ0v) is 8.87. The van der Waals surface area contributed by atoms with Crippen LogP contribution in [0.1, 0.15) is 18.4 Å². The predicted octanol–water partition coefficient (Wildman–Crippen LogP) is 3.56. The van der Waals surface area contributed by atoms with Crippen molar-refractivity contribution in [2.75, 3.05) is 11.9 Å². The van der Waals surface area contributed by atoms with Gasteiger partial charge in [-0.05, 0) is 37.5 Å². The molecular formula is C11H13ClFN. The van der Waals surface area contributed by atoms with Crippen LogP contribution in [0.25, 0.3) is 0 Å². The Hall–Kier alpha value is -0.760. The second-order valence-corrected chi connectivity index (χ2v) is 4.32. The maximum atomic E-state index is 13.3. The summed E-state index contributed by atoms with van der Waals surface area (Å²) < 4.78 is 13.3. The Kier molecular flexibility index (Phi) is 2.40. The minimum absolute atomic E-state index is 0.397. The quantitative estimate of drug-likeness (QED) is 0.810. The van der Waals surface area contributed by atoms with Crippen molar-refractivity contribution in [2.45, 2.75) is 25.4 Å². The molecule has 1 saturated carbocycles. The molecule has 1 aliphatic rings. The Bertz CT molecular complexity index is 347. The Morgan fingerprint density at radius 2 is 2.21 bits per heavy atom. The molecule has 0 atom stereocenters. The van der Waals surface area contributed by atoms with E-state index in [1.54, 1.807) is 0 Å². The van der Waals surface area contributed by atoms with E-state index in [1.807, 2.05) is 25.1 Å². The highest BCUT2D eigenvalue weighted by Crippen LogP contribution is 2.39. The van der Waals surface area contributed by atoms with Gasteiger partial charge in [0.05, 0.1) is 0 Å². The van der Waals surface area contributed by atoms with Crippen LogP contribution in [-0.2, 0) is 0 Å². The summed E-state index contributed by atoms with van der Waals surface area (Å²) in [5, 5.41) is 3.82. The molecule has 0 saturated heterocycles. The molecular weight excluding hydrogens is 201 g/mol. The molecule has 1 fully saturated rings. The average molecular weight is 214 g/mol. The second-order valence-electron chi connectivity index (χ2n) is 3.92. The van der Waals surface area contributed by atoms with Crippen molar-refractivity contribution in [3.8, 4) is 0 Å². The molecule has 1 N–H and O–H groups in total. The van der Waals surface area contributed by atoms with Gasteiger partial charge in [0.1, 0.15) is 5.67 Å². The van der Waals surface area contributed by atoms with Gasteiger partial charge >= 0.3 is 0 Å². The van der Waals surface area contributed by atoms with E-state index in [-0.39, 0.29) is 0 Å². The lowest BCUT2D eigenvalue weighted by atomic mass is 10.2. The molecule has 3 heteroatoms. The predicted molar refractivity (Wildman–Crippen MR) is 57.8 cm³/mol. The van der Waals surface area contributed by atoms with Crippen LogP contribution in [0.3, 0.4) is 0 Å². The smallest absolute Gasteiger partial charge is 0.128 e. The third-order valence-electron chi connectivity index (χ3n) is 2.66. The van der Waals surface area contributed by atoms with Gasteiger partial charge in [0.25, 0.3) is 0 Å². The maximum absolute atomic E-state index is 13.3. The van der Waals surface area contributed by atoms with Gasteiger partial charge in [0, 0.05) is 17.3 Å². The summed E-state index contributed by atoms with van der Waals surface area (Å²) in [5.74, 6) is 0. The molecule has 76 valence electrons. The molecule has 0 spiro atoms. The van der Waals surface area contributed by atoms with Gasteiger partial charge in [-0.25, -0.2) is 4.39 Å². The van der Waals surface area contributed by atoms with Gasteiger partial charge in [-0.15, -0.1) is 0 Å². The van der Waals surface area contributed by atoms with Crippen molar-refractivity contribution in [3.63, 3.8) is 0 Å². The van der Waals surface area contributed by atoms with Gasteiger partial charge in [0.2, 0.25) is 0 Å². The summed E-state index contributed by atoms with van der Waals surface area (Å²) in [5.41, 5.74) is 0.953. The van der Waals surface area contributed by atoms with Crippen LogP contribution in [0.5, 0.6) is 0 Å². The van der Waals surface area contributed by atoms with E-state index in [1.165, 1.54) is 0 Å². The summed E-state index contributed by atoms with van der Waals surface area (Å²) in [6.45, 7) is 2.33. The highest BCUT2D eigenvalue weighted by atomic mass is 35.5. The van der Waals surface area contributed by atoms with Gasteiger partial charge in [-0.2, -0.15) is 0 Å². The number of nitrogens with one attached hydrogen (secondary N) is 1. The lowest BCUT2D eigenvalue weighted by molar-refractivity contribution is 0.326. The Labute approximate surface area is 88.3 Å². The monoisotopic (exact) mass is 213 g/mol. The van der Waals surface area contributed by atoms with Crippen molar-refractivity contribution in [1.82, 2.24) is 0 Å². The molecule has 14 heavy (non-hydrogen) atoms. The molecule has 0 aliphatic heterocycles. The topological polar surface area (TPSA) is 12.0 Å². The first kappa shape index (κ1) is 9.78. The Morgan fingerprint density at radius 3 is 2.86 bits per heavy atom. The van der Waals surface area contributed by atoms with Crippen molar-refractivity contribution in [2.24, 2.45) is 0 Å². The number of halogens is 2. The van der Waals surface area contributed by atoms with E-state index < -0.39 is 5.67 Å². The Morgan fingerprint density at radius 1 is 1.50 bits per heavy atom. The minimum atomic E-state index is -0.964. The van der Waals surface area contributed by atoms with E-state index in [4.69, 9.17) is 11.6 Å². The first-order valence-electron chi connectivity index (χ1n) is 4.79. The second kappa shape index (κ2) is 3.43. The van der Waals surface area contributed by atoms with Crippen molar-refractivity contribution in [1.29, 1.82) is 0 Å². The van der Waals surface area contributed by atoms with Crippen LogP contribution in [0.15, 0.2) is 18.2 Å². The normalized spacial score (nSPS) is 17.9. The first-order valence-corrected chi connectivity index (χ1v) is 5.16. The number of benzene rings is 1. The van der Waals surface area contributed by atoms with Crippen LogP contribution in [0, 0.1) is 6.92 Å². The van der Waals surface area contributed by atoms with E-state index in [0.717, 1.165) is 16.3 Å². The number of alkyl halides is 1. The van der Waals surface area contributed by atoms with Gasteiger partial charge in [-0.1, -0.05) is 17.7 Å². The molecule has 1 nitrogen and oxygen atoms in total. The summed E-state index contributed by atoms with van der Waals surface area (Å²) in [6.07, 6.45) is 1.36. The highest BCUT2D eigenvalue weighted by Gasteiger charge is 2.42. The number of anilines is 1. The fourth-order valence-corrected chi connectivity index (χ4v) is 1.54. The zero-order valence-electron chi connectivity index (χ0n) is 8.11. The van der Waals surface area contributed by atoms with E-state index in [0.29, 0.717) is 19.4 Å². The fourth-order valence-electron chi connectivity index (χ4n) is 1.37. The van der Waals surface area contributed by atoms with Crippen molar-refractivity contribution in [3.05, 3.63) is 28.8 Å². The van der Waals surface area contributed by atoms with Crippen LogP contribution >= 0.6 is 11.6 Å². The Balaban J connectivity index is 2.05. The van der Waals surface area contributed by atoms with Gasteiger partial charge < -0.3 is 5.32 Å². The molecule has 1 aromatic rings. The molecule has 0 aromatic heterocycles. The molecule has 0 unspecified atom stereocenters. The zero-order chi connectivity index (χ0) is 10.2. The number of hydrogen-bond acceptors (Lipinski definition) is 1. The lowest BCUT2D eigenvalue weighted by Crippen LogP contribution is -2.16. The summed E-state index contributed by atoms with van der Waals surface area (Å²) in [6, 6.07) is 5.63. The molecule has 0 amide bonds. The van der Waals surface area contributed by atoms with Crippen molar-refractivity contribution >= 4 is 17.3 Å². The first-order chi connectivity index (χ1) is 6.61. The van der Waals surface area contributed by atoms with Crippen LogP contribution in [-0.4, -0.2) is 12.2 Å². The van der Waals surface area contributed by atoms with E-state index >= 15 is 0 Å². The molecule has 0 heterocycles. The maximum Gasteiger partial charge on any atom is 0.128 e.